The number of benzene rings is 1. The number of aliphatic hydroxyl groups excluding tert-OH is 1. The zero-order valence-corrected chi connectivity index (χ0v) is 21.7. The van der Waals surface area contributed by atoms with Gasteiger partial charge < -0.3 is 19.1 Å². The Morgan fingerprint density at radius 3 is 2.68 bits per heavy atom. The van der Waals surface area contributed by atoms with Crippen molar-refractivity contribution in [3.8, 4) is 5.75 Å². The molecule has 8 nitrogen and oxygen atoms in total. The largest absolute Gasteiger partial charge is 0.505 e. The molecule has 5 rings (SSSR count). The van der Waals surface area contributed by atoms with Gasteiger partial charge in [-0.25, -0.2) is 4.98 Å². The number of carbonyl (C=O) groups is 2. The van der Waals surface area contributed by atoms with Crippen LogP contribution in [0.25, 0.3) is 11.4 Å². The number of unbranched alkanes of at least 4 members (excludes halogenated alkanes) is 1. The smallest absolute Gasteiger partial charge is 0.295 e. The zero-order valence-electron chi connectivity index (χ0n) is 21.7. The molecular weight excluding hydrogens is 480 g/mol. The zero-order chi connectivity index (χ0) is 26.8. The second-order valence-electron chi connectivity index (χ2n) is 9.49. The lowest BCUT2D eigenvalue weighted by Gasteiger charge is -2.25. The molecule has 1 aliphatic heterocycles. The van der Waals surface area contributed by atoms with Gasteiger partial charge in [-0.3, -0.25) is 14.6 Å². The third-order valence-corrected chi connectivity index (χ3v) is 6.86. The number of aryl methyl sites for hydroxylation is 2. The predicted octanol–water partition coefficient (Wildman–Crippen LogP) is 5.15. The second-order valence-corrected chi connectivity index (χ2v) is 9.49. The van der Waals surface area contributed by atoms with Crippen LogP contribution >= 0.6 is 0 Å². The third-order valence-electron chi connectivity index (χ3n) is 6.86. The topological polar surface area (TPSA) is 97.0 Å². The molecular formula is C30H30N4O4. The van der Waals surface area contributed by atoms with Gasteiger partial charge in [0.25, 0.3) is 11.7 Å². The second kappa shape index (κ2) is 10.5. The minimum Gasteiger partial charge on any atom is -0.505 e. The number of pyridine rings is 2. The number of hydrogen-bond acceptors (Lipinski definition) is 6. The van der Waals surface area contributed by atoms with E-state index in [9.17, 15) is 14.7 Å². The minimum absolute atomic E-state index is 0.00811. The number of aromatic nitrogens is 3. The Bertz CT molecular complexity index is 1540. The van der Waals surface area contributed by atoms with E-state index in [1.165, 1.54) is 4.90 Å². The van der Waals surface area contributed by atoms with E-state index in [0.29, 0.717) is 29.3 Å². The normalized spacial score (nSPS) is 16.9. The minimum atomic E-state index is -0.824. The highest BCUT2D eigenvalue weighted by Gasteiger charge is 2.46. The number of Topliss-reactive ketones (excluding diaryl/α,β-unsaturated/α-hetero) is 1. The van der Waals surface area contributed by atoms with Crippen LogP contribution in [0.3, 0.4) is 0 Å². The Morgan fingerprint density at radius 1 is 1.11 bits per heavy atom. The van der Waals surface area contributed by atoms with E-state index in [0.717, 1.165) is 24.0 Å². The molecule has 4 heterocycles. The number of ketones is 1. The summed E-state index contributed by atoms with van der Waals surface area (Å²) in [6.07, 6.45) is 7.09. The van der Waals surface area contributed by atoms with Gasteiger partial charge in [0.2, 0.25) is 0 Å². The van der Waals surface area contributed by atoms with Crippen molar-refractivity contribution in [2.24, 2.45) is 0 Å². The predicted molar refractivity (Wildman–Crippen MR) is 144 cm³/mol. The van der Waals surface area contributed by atoms with Crippen LogP contribution in [0.1, 0.15) is 53.9 Å². The molecule has 1 amide bonds. The van der Waals surface area contributed by atoms with Crippen molar-refractivity contribution in [2.45, 2.75) is 46.2 Å². The highest BCUT2D eigenvalue weighted by Crippen LogP contribution is 2.41. The molecule has 1 N–H and O–H groups in total. The lowest BCUT2D eigenvalue weighted by atomic mass is 9.96. The lowest BCUT2D eigenvalue weighted by molar-refractivity contribution is -0.140. The van der Waals surface area contributed by atoms with Crippen LogP contribution in [0.5, 0.6) is 5.75 Å². The fourth-order valence-electron chi connectivity index (χ4n) is 4.86. The Balaban J connectivity index is 1.66. The van der Waals surface area contributed by atoms with E-state index >= 15 is 0 Å². The van der Waals surface area contributed by atoms with Gasteiger partial charge in [0.05, 0.1) is 23.9 Å². The van der Waals surface area contributed by atoms with Gasteiger partial charge in [-0.15, -0.1) is 0 Å². The van der Waals surface area contributed by atoms with Crippen LogP contribution in [0, 0.1) is 13.8 Å². The van der Waals surface area contributed by atoms with Gasteiger partial charge in [-0.1, -0.05) is 37.6 Å². The first kappa shape index (κ1) is 25.2. The molecule has 8 heteroatoms. The van der Waals surface area contributed by atoms with Gasteiger partial charge >= 0.3 is 0 Å². The fourth-order valence-corrected chi connectivity index (χ4v) is 4.86. The van der Waals surface area contributed by atoms with Crippen molar-refractivity contribution >= 4 is 23.1 Å². The summed E-state index contributed by atoms with van der Waals surface area (Å²) in [5.74, 6) is -1.08. The molecule has 0 bridgehead atoms. The van der Waals surface area contributed by atoms with Gasteiger partial charge in [0.15, 0.2) is 5.76 Å². The number of hydrogen-bond donors (Lipinski definition) is 1. The van der Waals surface area contributed by atoms with Crippen molar-refractivity contribution < 1.29 is 19.4 Å². The maximum absolute atomic E-state index is 13.5. The van der Waals surface area contributed by atoms with Gasteiger partial charge in [0, 0.05) is 25.1 Å². The van der Waals surface area contributed by atoms with Crippen LogP contribution in [-0.2, 0) is 16.1 Å². The van der Waals surface area contributed by atoms with E-state index < -0.39 is 17.7 Å². The first-order valence-electron chi connectivity index (χ1n) is 12.8. The van der Waals surface area contributed by atoms with Gasteiger partial charge in [-0.05, 0) is 61.2 Å². The number of nitrogens with zero attached hydrogens (tertiary/aromatic N) is 4. The summed E-state index contributed by atoms with van der Waals surface area (Å²) in [7, 11) is 0. The fraction of sp³-hybridized carbons (Fsp3) is 0.267. The first-order valence-corrected chi connectivity index (χ1v) is 12.8. The molecule has 0 spiro atoms. The molecule has 1 unspecified atom stereocenters. The summed E-state index contributed by atoms with van der Waals surface area (Å²) in [4.78, 5) is 37.2. The molecule has 4 aromatic rings. The monoisotopic (exact) mass is 510 g/mol. The highest BCUT2D eigenvalue weighted by molar-refractivity contribution is 6.46. The Morgan fingerprint density at radius 2 is 1.95 bits per heavy atom. The number of ether oxygens (including phenoxy) is 1. The number of likely N-dealkylation sites (tertiary alicyclic amines) is 1. The maximum Gasteiger partial charge on any atom is 0.295 e. The average molecular weight is 511 g/mol. The standard InChI is InChI=1S/C30H30N4O4/c1-4-5-15-38-23-12-6-11-22(16-23)26-24(28(36)30(37)34(26)18-21-10-7-13-31-17-21)27(35)25-20(3)33-14-8-9-19(2)29(33)32-25/h6-14,16-17,26,35H,4-5,15,18H2,1-3H3/b27-24+. The Labute approximate surface area is 221 Å². The number of aliphatic hydroxyl groups is 1. The summed E-state index contributed by atoms with van der Waals surface area (Å²) in [6.45, 7) is 6.58. The van der Waals surface area contributed by atoms with Gasteiger partial charge in [-0.2, -0.15) is 0 Å². The van der Waals surface area contributed by atoms with Crippen LogP contribution in [0.4, 0.5) is 0 Å². The SMILES string of the molecule is CCCCOc1cccc(C2/C(=C(\O)c3nc4c(C)cccn4c3C)C(=O)C(=O)N2Cc2cccnc2)c1. The highest BCUT2D eigenvalue weighted by atomic mass is 16.5. The van der Waals surface area contributed by atoms with E-state index in [1.807, 2.05) is 66.9 Å². The number of rotatable bonds is 8. The van der Waals surface area contributed by atoms with Crippen LogP contribution in [-0.4, -0.2) is 42.7 Å². The lowest BCUT2D eigenvalue weighted by Crippen LogP contribution is -2.29. The third kappa shape index (κ3) is 4.53. The number of imidazole rings is 1. The van der Waals surface area contributed by atoms with E-state index in [4.69, 9.17) is 4.74 Å². The first-order chi connectivity index (χ1) is 18.4. The Kier molecular flexibility index (Phi) is 6.96. The quantitative estimate of drug-likeness (QED) is 0.152. The van der Waals surface area contributed by atoms with Crippen molar-refractivity contribution in [1.29, 1.82) is 0 Å². The summed E-state index contributed by atoms with van der Waals surface area (Å²) in [5, 5.41) is 11.6. The van der Waals surface area contributed by atoms with E-state index in [2.05, 4.69) is 16.9 Å². The van der Waals surface area contributed by atoms with Crippen LogP contribution in [0.2, 0.25) is 0 Å². The van der Waals surface area contributed by atoms with Gasteiger partial charge in [0.1, 0.15) is 17.1 Å². The molecule has 1 fully saturated rings. The van der Waals surface area contributed by atoms with Crippen molar-refractivity contribution in [3.63, 3.8) is 0 Å². The maximum atomic E-state index is 13.5. The summed E-state index contributed by atoms with van der Waals surface area (Å²) in [5.41, 5.74) is 4.01. The molecule has 0 aliphatic carbocycles. The average Bonchev–Trinajstić information content (AvgIpc) is 3.39. The van der Waals surface area contributed by atoms with Crippen molar-refractivity contribution in [3.05, 3.63) is 101 Å². The summed E-state index contributed by atoms with van der Waals surface area (Å²) in [6, 6.07) is 14.0. The molecule has 194 valence electrons. The molecule has 1 aromatic carbocycles. The van der Waals surface area contributed by atoms with Crippen LogP contribution in [0.15, 0.2) is 72.7 Å². The molecule has 1 aliphatic rings. The molecule has 38 heavy (non-hydrogen) atoms. The van der Waals surface area contributed by atoms with Crippen molar-refractivity contribution in [1.82, 2.24) is 19.3 Å². The van der Waals surface area contributed by atoms with E-state index in [1.54, 1.807) is 18.5 Å². The number of amides is 1. The number of carbonyl (C=O) groups excluding carboxylic acids is 2. The summed E-state index contributed by atoms with van der Waals surface area (Å²) >= 11 is 0. The van der Waals surface area contributed by atoms with E-state index in [-0.39, 0.29) is 23.6 Å². The molecule has 0 radical (unpaired) electrons. The van der Waals surface area contributed by atoms with Crippen molar-refractivity contribution in [2.75, 3.05) is 6.61 Å². The Hall–Kier alpha value is -4.46. The molecule has 1 saturated heterocycles. The number of fused-ring (bicyclic) bond motifs is 1. The molecule has 3 aromatic heterocycles. The summed E-state index contributed by atoms with van der Waals surface area (Å²) < 4.78 is 7.78. The molecule has 1 atom stereocenters. The van der Waals surface area contributed by atoms with Crippen LogP contribution < -0.4 is 4.74 Å². The molecule has 0 saturated carbocycles.